The SMILES string of the molecule is CNCC1C(=O)N(Cc2ccco2)CC(C)N1C. The Morgan fingerprint density at radius 3 is 2.94 bits per heavy atom. The van der Waals surface area contributed by atoms with Crippen LogP contribution in [0.25, 0.3) is 0 Å². The van der Waals surface area contributed by atoms with Gasteiger partial charge in [0.05, 0.1) is 12.8 Å². The number of nitrogens with one attached hydrogen (secondary N) is 1. The predicted octanol–water partition coefficient (Wildman–Crippen LogP) is 0.530. The maximum Gasteiger partial charge on any atom is 0.241 e. The van der Waals surface area contributed by atoms with Crippen LogP contribution in [0.4, 0.5) is 0 Å². The van der Waals surface area contributed by atoms with Gasteiger partial charge in [-0.25, -0.2) is 0 Å². The fourth-order valence-electron chi connectivity index (χ4n) is 2.39. The fraction of sp³-hybridized carbons (Fsp3) is 0.615. The number of carbonyl (C=O) groups is 1. The summed E-state index contributed by atoms with van der Waals surface area (Å²) < 4.78 is 5.32. The molecule has 0 bridgehead atoms. The van der Waals surface area contributed by atoms with Crippen molar-refractivity contribution in [3.8, 4) is 0 Å². The summed E-state index contributed by atoms with van der Waals surface area (Å²) in [4.78, 5) is 16.4. The topological polar surface area (TPSA) is 48.7 Å². The van der Waals surface area contributed by atoms with E-state index >= 15 is 0 Å². The Morgan fingerprint density at radius 2 is 2.33 bits per heavy atom. The molecule has 1 N–H and O–H groups in total. The van der Waals surface area contributed by atoms with Crippen LogP contribution >= 0.6 is 0 Å². The zero-order valence-electron chi connectivity index (χ0n) is 11.2. The van der Waals surface area contributed by atoms with Crippen LogP contribution in [-0.2, 0) is 11.3 Å². The van der Waals surface area contributed by atoms with Crippen LogP contribution in [0.15, 0.2) is 22.8 Å². The first-order valence-corrected chi connectivity index (χ1v) is 6.31. The molecule has 2 unspecified atom stereocenters. The van der Waals surface area contributed by atoms with Crippen LogP contribution in [0.3, 0.4) is 0 Å². The molecule has 1 saturated heterocycles. The van der Waals surface area contributed by atoms with Gasteiger partial charge in [-0.1, -0.05) is 0 Å². The number of amides is 1. The van der Waals surface area contributed by atoms with Gasteiger partial charge in [-0.2, -0.15) is 0 Å². The fourth-order valence-corrected chi connectivity index (χ4v) is 2.39. The molecule has 2 rings (SSSR count). The largest absolute Gasteiger partial charge is 0.467 e. The van der Waals surface area contributed by atoms with Crippen molar-refractivity contribution >= 4 is 5.91 Å². The molecule has 2 heterocycles. The molecular weight excluding hydrogens is 230 g/mol. The maximum atomic E-state index is 12.4. The average Bonchev–Trinajstić information content (AvgIpc) is 2.84. The molecule has 1 aromatic heterocycles. The smallest absolute Gasteiger partial charge is 0.241 e. The van der Waals surface area contributed by atoms with E-state index in [4.69, 9.17) is 4.42 Å². The summed E-state index contributed by atoms with van der Waals surface area (Å²) in [5, 5.41) is 3.09. The van der Waals surface area contributed by atoms with Gasteiger partial charge in [-0.05, 0) is 33.2 Å². The molecule has 5 nitrogen and oxygen atoms in total. The summed E-state index contributed by atoms with van der Waals surface area (Å²) in [6.07, 6.45) is 1.64. The summed E-state index contributed by atoms with van der Waals surface area (Å²) in [7, 11) is 3.88. The van der Waals surface area contributed by atoms with Gasteiger partial charge in [0.15, 0.2) is 0 Å². The van der Waals surface area contributed by atoms with E-state index in [9.17, 15) is 4.79 Å². The third-order valence-corrected chi connectivity index (χ3v) is 3.59. The molecule has 2 atom stereocenters. The molecule has 1 fully saturated rings. The van der Waals surface area contributed by atoms with Crippen LogP contribution in [0.1, 0.15) is 12.7 Å². The first kappa shape index (κ1) is 13.1. The van der Waals surface area contributed by atoms with E-state index in [0.717, 1.165) is 12.3 Å². The number of hydrogen-bond donors (Lipinski definition) is 1. The highest BCUT2D eigenvalue weighted by molar-refractivity contribution is 5.83. The highest BCUT2D eigenvalue weighted by Gasteiger charge is 2.36. The summed E-state index contributed by atoms with van der Waals surface area (Å²) in [6, 6.07) is 4.03. The van der Waals surface area contributed by atoms with Crippen molar-refractivity contribution in [2.75, 3.05) is 27.2 Å². The van der Waals surface area contributed by atoms with E-state index in [1.165, 1.54) is 0 Å². The van der Waals surface area contributed by atoms with Crippen molar-refractivity contribution < 1.29 is 9.21 Å². The van der Waals surface area contributed by atoms with Gasteiger partial charge in [0.2, 0.25) is 5.91 Å². The third kappa shape index (κ3) is 2.57. The Hall–Kier alpha value is -1.33. The van der Waals surface area contributed by atoms with Crippen LogP contribution in [-0.4, -0.2) is 55.0 Å². The van der Waals surface area contributed by atoms with Gasteiger partial charge < -0.3 is 14.6 Å². The molecule has 0 aliphatic carbocycles. The predicted molar refractivity (Wildman–Crippen MR) is 69.1 cm³/mol. The second-order valence-corrected chi connectivity index (χ2v) is 4.89. The summed E-state index contributed by atoms with van der Waals surface area (Å²) >= 11 is 0. The summed E-state index contributed by atoms with van der Waals surface area (Å²) in [5.74, 6) is 1.00. The number of hydrogen-bond acceptors (Lipinski definition) is 4. The Balaban J connectivity index is 2.09. The molecule has 0 spiro atoms. The lowest BCUT2D eigenvalue weighted by molar-refractivity contribution is -0.144. The maximum absolute atomic E-state index is 12.4. The van der Waals surface area contributed by atoms with Crippen LogP contribution < -0.4 is 5.32 Å². The quantitative estimate of drug-likeness (QED) is 0.848. The van der Waals surface area contributed by atoms with Crippen LogP contribution in [0.2, 0.25) is 0 Å². The Labute approximate surface area is 108 Å². The lowest BCUT2D eigenvalue weighted by atomic mass is 10.1. The average molecular weight is 251 g/mol. The number of likely N-dealkylation sites (N-methyl/N-ethyl adjacent to an activating group) is 2. The minimum absolute atomic E-state index is 0.0892. The Bertz CT molecular complexity index is 391. The second kappa shape index (κ2) is 5.54. The third-order valence-electron chi connectivity index (χ3n) is 3.59. The first-order chi connectivity index (χ1) is 8.63. The summed E-state index contributed by atoms with van der Waals surface area (Å²) in [6.45, 7) is 4.12. The summed E-state index contributed by atoms with van der Waals surface area (Å²) in [5.41, 5.74) is 0. The number of carbonyl (C=O) groups excluding carboxylic acids is 1. The lowest BCUT2D eigenvalue weighted by Gasteiger charge is -2.42. The zero-order valence-corrected chi connectivity index (χ0v) is 11.2. The molecule has 0 radical (unpaired) electrons. The van der Waals surface area contributed by atoms with Gasteiger partial charge >= 0.3 is 0 Å². The van der Waals surface area contributed by atoms with Crippen molar-refractivity contribution in [1.29, 1.82) is 0 Å². The Kier molecular flexibility index (Phi) is 4.04. The number of piperazine rings is 1. The van der Waals surface area contributed by atoms with E-state index in [2.05, 4.69) is 17.1 Å². The van der Waals surface area contributed by atoms with Crippen molar-refractivity contribution in [3.63, 3.8) is 0 Å². The van der Waals surface area contributed by atoms with Crippen LogP contribution in [0.5, 0.6) is 0 Å². The molecule has 1 aromatic rings. The number of rotatable bonds is 4. The van der Waals surface area contributed by atoms with E-state index in [1.54, 1.807) is 6.26 Å². The highest BCUT2D eigenvalue weighted by Crippen LogP contribution is 2.17. The lowest BCUT2D eigenvalue weighted by Crippen LogP contribution is -2.61. The van der Waals surface area contributed by atoms with Crippen molar-refractivity contribution in [3.05, 3.63) is 24.2 Å². The first-order valence-electron chi connectivity index (χ1n) is 6.31. The van der Waals surface area contributed by atoms with Gasteiger partial charge in [-0.3, -0.25) is 9.69 Å². The van der Waals surface area contributed by atoms with Gasteiger partial charge in [-0.15, -0.1) is 0 Å². The minimum atomic E-state index is -0.0892. The molecule has 100 valence electrons. The van der Waals surface area contributed by atoms with Gasteiger partial charge in [0, 0.05) is 19.1 Å². The molecule has 5 heteroatoms. The monoisotopic (exact) mass is 251 g/mol. The number of furan rings is 1. The van der Waals surface area contributed by atoms with Gasteiger partial charge in [0.1, 0.15) is 11.8 Å². The van der Waals surface area contributed by atoms with E-state index in [0.29, 0.717) is 19.1 Å². The molecule has 1 amide bonds. The van der Waals surface area contributed by atoms with E-state index < -0.39 is 0 Å². The molecule has 1 aliphatic rings. The molecular formula is C13H21N3O2. The van der Waals surface area contributed by atoms with E-state index in [1.807, 2.05) is 31.1 Å². The molecule has 18 heavy (non-hydrogen) atoms. The van der Waals surface area contributed by atoms with Gasteiger partial charge in [0.25, 0.3) is 0 Å². The van der Waals surface area contributed by atoms with Crippen molar-refractivity contribution in [2.24, 2.45) is 0 Å². The normalized spacial score (nSPS) is 25.7. The van der Waals surface area contributed by atoms with Crippen molar-refractivity contribution in [2.45, 2.75) is 25.6 Å². The standard InChI is InChI=1S/C13H21N3O2/c1-10-8-16(9-11-5-4-6-18-11)13(17)12(7-14-2)15(10)3/h4-6,10,12,14H,7-9H2,1-3H3. The van der Waals surface area contributed by atoms with E-state index in [-0.39, 0.29) is 11.9 Å². The van der Waals surface area contributed by atoms with Crippen LogP contribution in [0, 0.1) is 0 Å². The number of nitrogens with zero attached hydrogens (tertiary/aromatic N) is 2. The molecule has 0 saturated carbocycles. The minimum Gasteiger partial charge on any atom is -0.467 e. The molecule has 1 aliphatic heterocycles. The van der Waals surface area contributed by atoms with Crippen molar-refractivity contribution in [1.82, 2.24) is 15.1 Å². The highest BCUT2D eigenvalue weighted by atomic mass is 16.3. The second-order valence-electron chi connectivity index (χ2n) is 4.89. The zero-order chi connectivity index (χ0) is 13.1. The Morgan fingerprint density at radius 1 is 1.56 bits per heavy atom. The molecule has 0 aromatic carbocycles.